The second-order valence-corrected chi connectivity index (χ2v) is 47.2. The van der Waals surface area contributed by atoms with Crippen molar-refractivity contribution in [3.8, 4) is 16.9 Å². The van der Waals surface area contributed by atoms with Crippen LogP contribution in [0.2, 0.25) is 36.3 Å². The molecule has 0 aliphatic carbocycles. The predicted molar refractivity (Wildman–Crippen MR) is 488 cm³/mol. The first-order valence-electron chi connectivity index (χ1n) is 43.3. The molecular formula is C104H118FNO15SSi2. The second kappa shape index (κ2) is 41.8. The highest BCUT2D eigenvalue weighted by Gasteiger charge is 2.57. The monoisotopic (exact) mass is 1730 g/mol. The van der Waals surface area contributed by atoms with E-state index in [2.05, 4.69) is 67.7 Å². The Labute approximate surface area is 734 Å². The lowest BCUT2D eigenvalue weighted by atomic mass is 9.78. The highest BCUT2D eigenvalue weighted by Crippen LogP contribution is 2.51. The van der Waals surface area contributed by atoms with Gasteiger partial charge in [-0.25, -0.2) is 12.8 Å². The first-order valence-corrected chi connectivity index (χ1v) is 50.7. The van der Waals surface area contributed by atoms with Gasteiger partial charge in [0.2, 0.25) is 14.2 Å². The van der Waals surface area contributed by atoms with E-state index >= 15 is 13.2 Å². The fourth-order valence-electron chi connectivity index (χ4n) is 15.8. The van der Waals surface area contributed by atoms with Crippen molar-refractivity contribution < 1.29 is 73.8 Å². The number of rotatable bonds is 39. The molecule has 3 aliphatic heterocycles. The van der Waals surface area contributed by atoms with Gasteiger partial charge in [-0.15, -0.1) is 0 Å². The zero-order chi connectivity index (χ0) is 86.9. The summed E-state index contributed by atoms with van der Waals surface area (Å²) in [5.74, 6) is -1.33. The average molecular weight is 1730 g/mol. The van der Waals surface area contributed by atoms with Crippen molar-refractivity contribution >= 4 is 38.1 Å². The van der Waals surface area contributed by atoms with E-state index < -0.39 is 112 Å². The van der Waals surface area contributed by atoms with E-state index in [-0.39, 0.29) is 92.6 Å². The third-order valence-corrected chi connectivity index (χ3v) is 35.3. The molecule has 0 N–H and O–H groups in total. The highest BCUT2D eigenvalue weighted by molar-refractivity contribution is 7.91. The van der Waals surface area contributed by atoms with Crippen molar-refractivity contribution in [1.29, 1.82) is 0 Å². The molecule has 650 valence electrons. The van der Waals surface area contributed by atoms with Gasteiger partial charge in [-0.3, -0.25) is 4.79 Å². The molecule has 11 aromatic rings. The lowest BCUT2D eigenvalue weighted by Crippen LogP contribution is -2.66. The summed E-state index contributed by atoms with van der Waals surface area (Å²) in [7, 11) is -9.64. The first kappa shape index (κ1) is 90.8. The van der Waals surface area contributed by atoms with Gasteiger partial charge in [-0.2, -0.15) is 0 Å². The van der Waals surface area contributed by atoms with E-state index in [1.165, 1.54) is 12.1 Å². The molecule has 1 amide bonds. The van der Waals surface area contributed by atoms with Crippen molar-refractivity contribution in [3.63, 3.8) is 0 Å². The summed E-state index contributed by atoms with van der Waals surface area (Å²) >= 11 is 0. The minimum Gasteiger partial charge on any atom is -0.543 e. The summed E-state index contributed by atoms with van der Waals surface area (Å²) in [6.45, 7) is 22.6. The van der Waals surface area contributed by atoms with Gasteiger partial charge in [-0.1, -0.05) is 308 Å². The van der Waals surface area contributed by atoms with Gasteiger partial charge in [0.15, 0.2) is 24.4 Å². The number of sulfone groups is 1. The molecule has 124 heavy (non-hydrogen) atoms. The Morgan fingerprint density at radius 3 is 1.28 bits per heavy atom. The van der Waals surface area contributed by atoms with Crippen LogP contribution in [-0.4, -0.2) is 111 Å². The number of benzene rings is 11. The van der Waals surface area contributed by atoms with Crippen LogP contribution >= 0.6 is 0 Å². The molecule has 0 bridgehead atoms. The molecule has 13 atom stereocenters. The molecule has 11 aromatic carbocycles. The lowest BCUT2D eigenvalue weighted by molar-refractivity contribution is -0.362. The molecular weight excluding hydrogens is 1610 g/mol. The van der Waals surface area contributed by atoms with Crippen LogP contribution in [0, 0.1) is 11.7 Å². The van der Waals surface area contributed by atoms with E-state index in [0.717, 1.165) is 50.1 Å². The Morgan fingerprint density at radius 1 is 0.419 bits per heavy atom. The van der Waals surface area contributed by atoms with Crippen LogP contribution in [0.4, 0.5) is 10.1 Å². The minimum absolute atomic E-state index is 0.0120. The number of nitrogens with zero attached hydrogens (tertiary/aromatic N) is 1. The summed E-state index contributed by atoms with van der Waals surface area (Å²) in [5, 5.41) is -0.335. The van der Waals surface area contributed by atoms with Gasteiger partial charge in [0.05, 0.1) is 88.2 Å². The number of halogens is 1. The molecule has 20 heteroatoms. The molecule has 4 unspecified atom stereocenters. The number of para-hydroxylation sites is 1. The first-order chi connectivity index (χ1) is 59.8. The Balaban J connectivity index is 0.918. The number of carbonyl (C=O) groups is 1. The molecule has 0 aromatic heterocycles. The molecule has 16 nitrogen and oxygen atoms in total. The largest absolute Gasteiger partial charge is 0.543 e. The van der Waals surface area contributed by atoms with E-state index in [4.69, 9.17) is 56.2 Å². The number of β-lactam (4-membered cyclic amide) rings is 1. The smallest absolute Gasteiger partial charge is 0.250 e. The number of anilines is 1. The molecule has 3 saturated heterocycles. The average Bonchev–Trinajstić information content (AvgIpc) is 0.723. The maximum absolute atomic E-state index is 17.4. The summed E-state index contributed by atoms with van der Waals surface area (Å²) in [4.78, 5) is 17.3. The van der Waals surface area contributed by atoms with Crippen molar-refractivity contribution in [2.75, 3.05) is 23.9 Å². The number of ether oxygens (including phenoxy) is 10. The van der Waals surface area contributed by atoms with E-state index in [1.807, 2.05) is 279 Å². The van der Waals surface area contributed by atoms with Crippen molar-refractivity contribution in [3.05, 3.63) is 365 Å². The van der Waals surface area contributed by atoms with E-state index in [9.17, 15) is 4.39 Å². The number of hydrogen-bond donors (Lipinski definition) is 0. The third kappa shape index (κ3) is 23.4. The van der Waals surface area contributed by atoms with Crippen LogP contribution in [0.15, 0.2) is 314 Å². The Bertz CT molecular complexity index is 5260. The molecule has 3 fully saturated rings. The van der Waals surface area contributed by atoms with Gasteiger partial charge in [0.25, 0.3) is 0 Å². The molecule has 3 aliphatic rings. The second-order valence-electron chi connectivity index (χ2n) is 35.7. The number of amides is 1. The Kier molecular flexibility index (Phi) is 30.6. The zero-order valence-electron chi connectivity index (χ0n) is 72.8. The zero-order valence-corrected chi connectivity index (χ0v) is 75.6. The van der Waals surface area contributed by atoms with Crippen LogP contribution < -0.4 is 9.33 Å². The lowest BCUT2D eigenvalue weighted by Gasteiger charge is -2.50. The summed E-state index contributed by atoms with van der Waals surface area (Å²) in [5.41, 5.74) is 9.27. The van der Waals surface area contributed by atoms with E-state index in [0.29, 0.717) is 29.0 Å². The maximum Gasteiger partial charge on any atom is 0.250 e. The Hall–Kier alpha value is -9.44. The predicted octanol–water partition coefficient (Wildman–Crippen LogP) is 22.1. The summed E-state index contributed by atoms with van der Waals surface area (Å²) in [6.07, 6.45) is -11.1. The maximum atomic E-state index is 17.4. The fraction of sp³-hybridized carbons (Fsp3) is 0.356. The topological polar surface area (TPSA) is 165 Å². The molecule has 0 saturated carbocycles. The number of hydrogen-bond acceptors (Lipinski definition) is 15. The van der Waals surface area contributed by atoms with Gasteiger partial charge in [-0.05, 0) is 153 Å². The van der Waals surface area contributed by atoms with Crippen LogP contribution in [0.25, 0.3) is 11.1 Å². The molecule has 0 radical (unpaired) electrons. The van der Waals surface area contributed by atoms with Crippen LogP contribution in [-0.2, 0) is 113 Å². The third-order valence-electron chi connectivity index (χ3n) is 24.7. The van der Waals surface area contributed by atoms with Gasteiger partial charge >= 0.3 is 0 Å². The summed E-state index contributed by atoms with van der Waals surface area (Å²) < 4.78 is 138. The van der Waals surface area contributed by atoms with Crippen molar-refractivity contribution in [1.82, 2.24) is 0 Å². The minimum atomic E-state index is -4.70. The number of carbonyl (C=O) groups excluding carboxylic acids is 1. The van der Waals surface area contributed by atoms with Crippen LogP contribution in [0.5, 0.6) is 5.75 Å². The SMILES string of the molecule is CC(C)(C)[Si](C)(C)Oc1cccc(-c2ccc([C@@H]3[C@@H](CC[C@H](O[Si](C)(C)C(C)(C)C)c4ccc(F)cc4)C(=O)N3c3ccccc3)c(S(=O)(=O)C[C@@H]3OC(COCc4ccccc4)[C@H](O[C@@H]4OC(COCc5ccccc5)[C@H](OCc5ccccc5)[C@H](OCc5ccccc5)C4OCc4ccccc4)[C@H](OCc4ccccc4)C3OCc3ccccc3)c2)c1. The highest BCUT2D eigenvalue weighted by atomic mass is 32.2. The molecule has 0 spiro atoms. The molecule has 3 heterocycles. The van der Waals surface area contributed by atoms with Crippen LogP contribution in [0.3, 0.4) is 0 Å². The van der Waals surface area contributed by atoms with E-state index in [1.54, 1.807) is 23.1 Å². The molecule has 14 rings (SSSR count). The van der Waals surface area contributed by atoms with Crippen LogP contribution in [0.1, 0.15) is 117 Å². The van der Waals surface area contributed by atoms with Gasteiger partial charge in [0.1, 0.15) is 66.5 Å². The quantitative estimate of drug-likeness (QED) is 0.0264. The fourth-order valence-corrected chi connectivity index (χ4v) is 19.9. The normalized spacial score (nSPS) is 21.7. The van der Waals surface area contributed by atoms with Crippen molar-refractivity contribution in [2.24, 2.45) is 5.92 Å². The Morgan fingerprint density at radius 2 is 0.823 bits per heavy atom. The standard InChI is InChI=1S/C104H118FNO15SSi2/c1-103(2,3)123(7,8)120-86-53-35-50-82(62-86)83-56-59-87(94-88(101(107)106(94)85-51-33-18-34-52-85)60-61-89(81-54-57-84(105)58-55-81)121-124(9,10)104(4,5)6)93(63-83)122(108,109)73-92-96(113-67-77-42-25-14-26-43-77)98(114-68-78-44-27-15-28-45-78)97(91(117-92)72-111-65-75-38-21-12-22-39-75)119-102-100(116-70-80-48-31-17-32-49-80)99(115-69-79-46-29-16-30-47-79)95(112-66-76-40-23-13-24-41-76)90(118-102)71-110-64-74-36-19-11-20-37-74/h11-59,62-63,88-92,94-100,102H,60-61,64-73H2,1-10H3/t88-,89+,90?,91?,92+,94-,95+,96?,97+,98-,99+,100?,102+/m1/s1. The van der Waals surface area contributed by atoms with Gasteiger partial charge in [0, 0.05) is 5.69 Å². The summed E-state index contributed by atoms with van der Waals surface area (Å²) in [6, 6.07) is 97.5. The van der Waals surface area contributed by atoms with Gasteiger partial charge < -0.3 is 61.1 Å². The van der Waals surface area contributed by atoms with Crippen molar-refractivity contribution in [2.45, 2.75) is 215 Å².